The third-order valence-electron chi connectivity index (χ3n) is 4.78. The Hall–Kier alpha value is -3.57. The van der Waals surface area contributed by atoms with Crippen molar-refractivity contribution in [3.8, 4) is 11.8 Å². The lowest BCUT2D eigenvalue weighted by Gasteiger charge is -2.28. The molecule has 32 heavy (non-hydrogen) atoms. The van der Waals surface area contributed by atoms with Crippen LogP contribution in [0.3, 0.4) is 0 Å². The zero-order valence-electron chi connectivity index (χ0n) is 17.2. The second-order valence-electron chi connectivity index (χ2n) is 6.82. The van der Waals surface area contributed by atoms with Gasteiger partial charge >= 0.3 is 5.97 Å². The Morgan fingerprint density at radius 3 is 2.69 bits per heavy atom. The first-order valence-electron chi connectivity index (χ1n) is 9.58. The number of carbonyl (C=O) groups is 1. The lowest BCUT2D eigenvalue weighted by Crippen LogP contribution is -2.26. The number of carbonyl (C=O) groups excluding carboxylic acids is 1. The van der Waals surface area contributed by atoms with Crippen LogP contribution in [0.15, 0.2) is 59.2 Å². The van der Waals surface area contributed by atoms with E-state index in [4.69, 9.17) is 31.5 Å². The molecular formula is C23H19ClF2N2O4. The second-order valence-corrected chi connectivity index (χ2v) is 7.26. The molecule has 9 heteroatoms. The van der Waals surface area contributed by atoms with Gasteiger partial charge in [0.15, 0.2) is 0 Å². The minimum absolute atomic E-state index is 0.0290. The van der Waals surface area contributed by atoms with E-state index in [2.05, 4.69) is 0 Å². The fraction of sp³-hybridized carbons (Fsp3) is 0.217. The van der Waals surface area contributed by atoms with Crippen LogP contribution in [0.4, 0.5) is 8.78 Å². The molecule has 6 nitrogen and oxygen atoms in total. The van der Waals surface area contributed by atoms with Crippen molar-refractivity contribution >= 4 is 17.6 Å². The van der Waals surface area contributed by atoms with Gasteiger partial charge in [-0.2, -0.15) is 5.26 Å². The topological polar surface area (TPSA) is 94.6 Å². The molecule has 2 aromatic carbocycles. The van der Waals surface area contributed by atoms with Gasteiger partial charge in [-0.1, -0.05) is 11.6 Å². The highest BCUT2D eigenvalue weighted by Crippen LogP contribution is 2.44. The maximum atomic E-state index is 14.1. The highest BCUT2D eigenvalue weighted by atomic mass is 35.5. The first kappa shape index (κ1) is 23.1. The SMILES string of the molecule is CCOC(=O)C1=C(C)OC(N)=C(C#N)C1c1cc(Cl)ccc1OCc1ccc(F)cc1F. The summed E-state index contributed by atoms with van der Waals surface area (Å²) in [6, 6.07) is 9.69. The molecule has 166 valence electrons. The number of esters is 1. The average Bonchev–Trinajstić information content (AvgIpc) is 2.73. The molecule has 2 aromatic rings. The standard InChI is InChI=1S/C23H19ClF2N2O4/c1-3-30-23(29)20-12(2)32-22(28)17(10-27)21(20)16-8-14(24)5-7-19(16)31-11-13-4-6-15(25)9-18(13)26/h4-9,21H,3,11,28H2,1-2H3. The number of hydrogen-bond donors (Lipinski definition) is 1. The Bertz CT molecular complexity index is 1170. The molecule has 0 fully saturated rings. The normalized spacial score (nSPS) is 15.8. The number of halogens is 3. The van der Waals surface area contributed by atoms with Gasteiger partial charge in [0, 0.05) is 22.2 Å². The first-order valence-corrected chi connectivity index (χ1v) is 9.96. The van der Waals surface area contributed by atoms with Crippen molar-refractivity contribution in [1.82, 2.24) is 0 Å². The van der Waals surface area contributed by atoms with E-state index in [0.29, 0.717) is 10.6 Å². The van der Waals surface area contributed by atoms with Gasteiger partial charge in [0.25, 0.3) is 0 Å². The van der Waals surface area contributed by atoms with E-state index in [9.17, 15) is 18.8 Å². The summed E-state index contributed by atoms with van der Waals surface area (Å²) in [7, 11) is 0. The zero-order chi connectivity index (χ0) is 23.4. The molecule has 0 saturated heterocycles. The molecule has 0 aromatic heterocycles. The maximum absolute atomic E-state index is 14.1. The van der Waals surface area contributed by atoms with Gasteiger partial charge < -0.3 is 19.9 Å². The second kappa shape index (κ2) is 9.71. The van der Waals surface area contributed by atoms with Gasteiger partial charge in [-0.3, -0.25) is 0 Å². The largest absolute Gasteiger partial charge is 0.488 e. The quantitative estimate of drug-likeness (QED) is 0.620. The van der Waals surface area contributed by atoms with Crippen molar-refractivity contribution in [3.63, 3.8) is 0 Å². The predicted octanol–water partition coefficient (Wildman–Crippen LogP) is 4.84. The molecule has 1 unspecified atom stereocenters. The third-order valence-corrected chi connectivity index (χ3v) is 5.02. The summed E-state index contributed by atoms with van der Waals surface area (Å²) in [5.74, 6) is -2.93. The number of allylic oxidation sites excluding steroid dienone is 2. The van der Waals surface area contributed by atoms with Gasteiger partial charge in [-0.15, -0.1) is 0 Å². The zero-order valence-corrected chi connectivity index (χ0v) is 18.0. The van der Waals surface area contributed by atoms with Crippen molar-refractivity contribution in [1.29, 1.82) is 5.26 Å². The Kier molecular flexibility index (Phi) is 7.01. The minimum atomic E-state index is -0.987. The van der Waals surface area contributed by atoms with Crippen molar-refractivity contribution in [2.75, 3.05) is 6.61 Å². The van der Waals surface area contributed by atoms with Gasteiger partial charge in [0.1, 0.15) is 41.4 Å². The first-order chi connectivity index (χ1) is 15.3. The van der Waals surface area contributed by atoms with Gasteiger partial charge in [0.05, 0.1) is 18.1 Å². The van der Waals surface area contributed by atoms with Crippen LogP contribution < -0.4 is 10.5 Å². The summed E-state index contributed by atoms with van der Waals surface area (Å²) < 4.78 is 43.6. The average molecular weight is 461 g/mol. The predicted molar refractivity (Wildman–Crippen MR) is 112 cm³/mol. The van der Waals surface area contributed by atoms with E-state index in [-0.39, 0.29) is 47.3 Å². The summed E-state index contributed by atoms with van der Waals surface area (Å²) >= 11 is 6.20. The van der Waals surface area contributed by atoms with Crippen LogP contribution in [0.1, 0.15) is 30.9 Å². The Morgan fingerprint density at radius 2 is 2.03 bits per heavy atom. The fourth-order valence-corrected chi connectivity index (χ4v) is 3.52. The monoisotopic (exact) mass is 460 g/mol. The number of benzene rings is 2. The van der Waals surface area contributed by atoms with Crippen molar-refractivity contribution in [3.05, 3.63) is 87.0 Å². The summed E-state index contributed by atoms with van der Waals surface area (Å²) in [6.45, 7) is 3.04. The molecule has 0 bridgehead atoms. The van der Waals surface area contributed by atoms with Crippen LogP contribution in [0.2, 0.25) is 5.02 Å². The van der Waals surface area contributed by atoms with Gasteiger partial charge in [0.2, 0.25) is 5.88 Å². The van der Waals surface area contributed by atoms with Crippen LogP contribution >= 0.6 is 11.6 Å². The molecule has 0 radical (unpaired) electrons. The summed E-state index contributed by atoms with van der Waals surface area (Å²) in [5.41, 5.74) is 6.42. The van der Waals surface area contributed by atoms with Crippen LogP contribution in [-0.4, -0.2) is 12.6 Å². The highest BCUT2D eigenvalue weighted by molar-refractivity contribution is 6.30. The lowest BCUT2D eigenvalue weighted by molar-refractivity contribution is -0.139. The van der Waals surface area contributed by atoms with Crippen molar-refractivity contribution in [2.45, 2.75) is 26.4 Å². The fourth-order valence-electron chi connectivity index (χ4n) is 3.34. The molecule has 0 amide bonds. The van der Waals surface area contributed by atoms with Crippen LogP contribution in [0.5, 0.6) is 5.75 Å². The van der Waals surface area contributed by atoms with E-state index in [1.807, 2.05) is 6.07 Å². The maximum Gasteiger partial charge on any atom is 0.338 e. The Balaban J connectivity index is 2.09. The van der Waals surface area contributed by atoms with Gasteiger partial charge in [-0.05, 0) is 44.2 Å². The molecule has 1 aliphatic rings. The van der Waals surface area contributed by atoms with Crippen molar-refractivity contribution in [2.24, 2.45) is 5.73 Å². The van der Waals surface area contributed by atoms with Crippen LogP contribution in [0, 0.1) is 23.0 Å². The number of nitrogens with zero attached hydrogens (tertiary/aromatic N) is 1. The van der Waals surface area contributed by atoms with Crippen LogP contribution in [-0.2, 0) is 20.9 Å². The Labute approximate surface area is 188 Å². The molecule has 1 aliphatic heterocycles. The molecule has 1 atom stereocenters. The van der Waals surface area contributed by atoms with Crippen LogP contribution in [0.25, 0.3) is 0 Å². The Morgan fingerprint density at radius 1 is 1.28 bits per heavy atom. The molecule has 3 rings (SSSR count). The number of hydrogen-bond acceptors (Lipinski definition) is 6. The minimum Gasteiger partial charge on any atom is -0.488 e. The molecule has 0 spiro atoms. The van der Waals surface area contributed by atoms with E-state index in [1.165, 1.54) is 25.1 Å². The highest BCUT2D eigenvalue weighted by Gasteiger charge is 2.38. The lowest BCUT2D eigenvalue weighted by atomic mass is 9.82. The number of nitrogens with two attached hydrogens (primary N) is 1. The van der Waals surface area contributed by atoms with Crippen molar-refractivity contribution < 1.29 is 27.8 Å². The number of ether oxygens (including phenoxy) is 3. The molecule has 2 N–H and O–H groups in total. The third kappa shape index (κ3) is 4.68. The summed E-state index contributed by atoms with van der Waals surface area (Å²) in [6.07, 6.45) is 0. The molecular weight excluding hydrogens is 442 g/mol. The van der Waals surface area contributed by atoms with E-state index in [0.717, 1.165) is 12.1 Å². The molecule has 0 saturated carbocycles. The molecule has 0 aliphatic carbocycles. The van der Waals surface area contributed by atoms with Gasteiger partial charge in [-0.25, -0.2) is 13.6 Å². The van der Waals surface area contributed by atoms with E-state index < -0.39 is 23.5 Å². The summed E-state index contributed by atoms with van der Waals surface area (Å²) in [5, 5.41) is 10.0. The smallest absolute Gasteiger partial charge is 0.338 e. The van der Waals surface area contributed by atoms with E-state index >= 15 is 0 Å². The molecule has 1 heterocycles. The summed E-state index contributed by atoms with van der Waals surface area (Å²) in [4.78, 5) is 12.7. The number of nitriles is 1. The van der Waals surface area contributed by atoms with E-state index in [1.54, 1.807) is 13.0 Å². The number of rotatable bonds is 6.